The number of carboxylic acids is 1. The molecular formula is C19H13N3O4. The third-order valence-electron chi connectivity index (χ3n) is 3.95. The molecule has 0 atom stereocenters. The van der Waals surface area contributed by atoms with Gasteiger partial charge >= 0.3 is 5.97 Å². The second kappa shape index (κ2) is 6.29. The maximum absolute atomic E-state index is 12.6. The van der Waals surface area contributed by atoms with Crippen molar-refractivity contribution in [1.29, 1.82) is 0 Å². The van der Waals surface area contributed by atoms with Gasteiger partial charge in [-0.2, -0.15) is 5.10 Å². The van der Waals surface area contributed by atoms with Gasteiger partial charge in [-0.05, 0) is 18.2 Å². The highest BCUT2D eigenvalue weighted by Crippen LogP contribution is 2.18. The summed E-state index contributed by atoms with van der Waals surface area (Å²) in [4.78, 5) is 28.5. The molecule has 0 aliphatic rings. The van der Waals surface area contributed by atoms with E-state index >= 15 is 0 Å². The van der Waals surface area contributed by atoms with E-state index in [4.69, 9.17) is 4.42 Å². The number of benzene rings is 2. The molecule has 0 saturated carbocycles. The summed E-state index contributed by atoms with van der Waals surface area (Å²) in [7, 11) is 0. The lowest BCUT2D eigenvalue weighted by molar-refractivity contribution is 0.0690. The van der Waals surface area contributed by atoms with Crippen LogP contribution in [0.2, 0.25) is 0 Å². The fourth-order valence-electron chi connectivity index (χ4n) is 2.75. The third-order valence-corrected chi connectivity index (χ3v) is 3.95. The summed E-state index contributed by atoms with van der Waals surface area (Å²) in [5, 5.41) is 14.0. The predicted molar refractivity (Wildman–Crippen MR) is 94.0 cm³/mol. The number of fused-ring (bicyclic) bond motifs is 1. The number of hydrogen-bond acceptors (Lipinski definition) is 5. The van der Waals surface area contributed by atoms with Gasteiger partial charge < -0.3 is 9.52 Å². The first kappa shape index (κ1) is 15.8. The van der Waals surface area contributed by atoms with E-state index in [9.17, 15) is 14.7 Å². The van der Waals surface area contributed by atoms with Crippen LogP contribution in [0.5, 0.6) is 0 Å². The molecule has 2 heterocycles. The fourth-order valence-corrected chi connectivity index (χ4v) is 2.75. The number of carbonyl (C=O) groups is 1. The highest BCUT2D eigenvalue weighted by atomic mass is 16.4. The number of oxazole rings is 1. The number of rotatable bonds is 4. The van der Waals surface area contributed by atoms with Crippen molar-refractivity contribution in [1.82, 2.24) is 14.8 Å². The van der Waals surface area contributed by atoms with Crippen LogP contribution in [-0.2, 0) is 6.54 Å². The van der Waals surface area contributed by atoms with Crippen molar-refractivity contribution in [2.45, 2.75) is 6.54 Å². The Bertz CT molecular complexity index is 1160. The van der Waals surface area contributed by atoms with Crippen molar-refractivity contribution in [3.05, 3.63) is 82.6 Å². The minimum atomic E-state index is -1.19. The van der Waals surface area contributed by atoms with Gasteiger partial charge in [0.15, 0.2) is 5.69 Å². The van der Waals surface area contributed by atoms with Gasteiger partial charge in [-0.15, -0.1) is 0 Å². The topological polar surface area (TPSA) is 98.2 Å². The Hall–Kier alpha value is -3.74. The van der Waals surface area contributed by atoms with E-state index in [0.29, 0.717) is 22.4 Å². The number of hydrogen-bond donors (Lipinski definition) is 1. The number of carboxylic acid groups (broad SMARTS) is 1. The Labute approximate surface area is 147 Å². The molecule has 4 aromatic rings. The molecule has 7 heteroatoms. The smallest absolute Gasteiger partial charge is 0.357 e. The van der Waals surface area contributed by atoms with Crippen molar-refractivity contribution in [3.8, 4) is 11.5 Å². The monoisotopic (exact) mass is 347 g/mol. The summed E-state index contributed by atoms with van der Waals surface area (Å²) in [5.41, 5.74) is 0.732. The SMILES string of the molecule is O=C(O)c1nn(Cc2coc(-c3ccccc3)n2)c(=O)c2ccccc12. The van der Waals surface area contributed by atoms with E-state index in [2.05, 4.69) is 10.1 Å². The van der Waals surface area contributed by atoms with Gasteiger partial charge in [0.25, 0.3) is 5.56 Å². The zero-order valence-electron chi connectivity index (χ0n) is 13.5. The fraction of sp³-hybridized carbons (Fsp3) is 0.0526. The Morgan fingerprint density at radius 2 is 1.73 bits per heavy atom. The zero-order chi connectivity index (χ0) is 18.1. The molecule has 0 saturated heterocycles. The third kappa shape index (κ3) is 2.75. The highest BCUT2D eigenvalue weighted by Gasteiger charge is 2.16. The van der Waals surface area contributed by atoms with Crippen LogP contribution in [-0.4, -0.2) is 25.8 Å². The van der Waals surface area contributed by atoms with Crippen LogP contribution in [0, 0.1) is 0 Å². The van der Waals surface area contributed by atoms with Gasteiger partial charge in [0, 0.05) is 10.9 Å². The Morgan fingerprint density at radius 1 is 1.04 bits per heavy atom. The largest absolute Gasteiger partial charge is 0.476 e. The molecule has 2 aromatic heterocycles. The second-order valence-corrected chi connectivity index (χ2v) is 5.67. The Kier molecular flexibility index (Phi) is 3.81. The standard InChI is InChI=1S/C19H13N3O4/c23-18-15-9-5-4-8-14(15)16(19(24)25)21-22(18)10-13-11-26-17(20-13)12-6-2-1-3-7-12/h1-9,11H,10H2,(H,24,25). The van der Waals surface area contributed by atoms with Gasteiger partial charge in [-0.25, -0.2) is 14.5 Å². The van der Waals surface area contributed by atoms with Gasteiger partial charge in [0.1, 0.15) is 12.0 Å². The molecule has 0 aliphatic carbocycles. The lowest BCUT2D eigenvalue weighted by Gasteiger charge is -2.07. The molecule has 128 valence electrons. The van der Waals surface area contributed by atoms with Crippen molar-refractivity contribution in [2.75, 3.05) is 0 Å². The minimum absolute atomic E-state index is 0.0142. The summed E-state index contributed by atoms with van der Waals surface area (Å²) in [5.74, 6) is -0.770. The summed E-state index contributed by atoms with van der Waals surface area (Å²) in [6.45, 7) is 0.0142. The highest BCUT2D eigenvalue weighted by molar-refractivity contribution is 6.01. The van der Waals surface area contributed by atoms with Crippen LogP contribution >= 0.6 is 0 Å². The average Bonchev–Trinajstić information content (AvgIpc) is 3.13. The Morgan fingerprint density at radius 3 is 2.46 bits per heavy atom. The number of aromatic nitrogens is 3. The maximum Gasteiger partial charge on any atom is 0.357 e. The van der Waals surface area contributed by atoms with Gasteiger partial charge in [0.2, 0.25) is 5.89 Å². The normalized spacial score (nSPS) is 10.9. The lowest BCUT2D eigenvalue weighted by Crippen LogP contribution is -2.26. The molecular weight excluding hydrogens is 334 g/mol. The number of nitrogens with zero attached hydrogens (tertiary/aromatic N) is 3. The van der Waals surface area contributed by atoms with Crippen molar-refractivity contribution in [3.63, 3.8) is 0 Å². The van der Waals surface area contributed by atoms with E-state index in [1.54, 1.807) is 24.3 Å². The molecule has 2 aromatic carbocycles. The van der Waals surface area contributed by atoms with E-state index in [-0.39, 0.29) is 17.8 Å². The molecule has 0 aliphatic heterocycles. The van der Waals surface area contributed by atoms with Crippen molar-refractivity contribution < 1.29 is 14.3 Å². The maximum atomic E-state index is 12.6. The molecule has 0 amide bonds. The molecule has 0 unspecified atom stereocenters. The van der Waals surface area contributed by atoms with Crippen LogP contribution in [0.25, 0.3) is 22.2 Å². The quantitative estimate of drug-likeness (QED) is 0.609. The van der Waals surface area contributed by atoms with Crippen molar-refractivity contribution >= 4 is 16.7 Å². The van der Waals surface area contributed by atoms with Crippen LogP contribution in [0.3, 0.4) is 0 Å². The van der Waals surface area contributed by atoms with E-state index in [0.717, 1.165) is 10.2 Å². The van der Waals surface area contributed by atoms with Gasteiger partial charge in [0.05, 0.1) is 11.9 Å². The summed E-state index contributed by atoms with van der Waals surface area (Å²) < 4.78 is 6.55. The van der Waals surface area contributed by atoms with Crippen molar-refractivity contribution in [2.24, 2.45) is 0 Å². The molecule has 0 bridgehead atoms. The van der Waals surface area contributed by atoms with E-state index in [1.165, 1.54) is 6.26 Å². The first-order chi connectivity index (χ1) is 12.6. The van der Waals surface area contributed by atoms with E-state index < -0.39 is 5.97 Å². The van der Waals surface area contributed by atoms with Gasteiger partial charge in [-0.1, -0.05) is 36.4 Å². The summed E-state index contributed by atoms with van der Waals surface area (Å²) >= 11 is 0. The molecule has 1 N–H and O–H groups in total. The molecule has 0 spiro atoms. The van der Waals surface area contributed by atoms with Gasteiger partial charge in [-0.3, -0.25) is 4.79 Å². The summed E-state index contributed by atoms with van der Waals surface area (Å²) in [6, 6.07) is 15.9. The molecule has 7 nitrogen and oxygen atoms in total. The van der Waals surface area contributed by atoms with Crippen LogP contribution in [0.15, 0.2) is 70.1 Å². The zero-order valence-corrected chi connectivity index (χ0v) is 13.5. The lowest BCUT2D eigenvalue weighted by atomic mass is 10.1. The molecule has 4 rings (SSSR count). The first-order valence-corrected chi connectivity index (χ1v) is 7.86. The second-order valence-electron chi connectivity index (χ2n) is 5.67. The molecule has 0 fully saturated rings. The minimum Gasteiger partial charge on any atom is -0.476 e. The van der Waals surface area contributed by atoms with Crippen LogP contribution in [0.1, 0.15) is 16.2 Å². The van der Waals surface area contributed by atoms with E-state index in [1.807, 2.05) is 30.3 Å². The average molecular weight is 347 g/mol. The number of aromatic carboxylic acids is 1. The molecule has 0 radical (unpaired) electrons. The summed E-state index contributed by atoms with van der Waals surface area (Å²) in [6.07, 6.45) is 1.44. The Balaban J connectivity index is 1.76. The first-order valence-electron chi connectivity index (χ1n) is 7.86. The van der Waals surface area contributed by atoms with Crippen LogP contribution in [0.4, 0.5) is 0 Å². The van der Waals surface area contributed by atoms with Crippen LogP contribution < -0.4 is 5.56 Å². The predicted octanol–water partition coefficient (Wildman–Crippen LogP) is 2.80. The molecule has 26 heavy (non-hydrogen) atoms.